The number of aromatic carboxylic acids is 1. The van der Waals surface area contributed by atoms with E-state index in [-0.39, 0.29) is 23.0 Å². The van der Waals surface area contributed by atoms with Crippen molar-refractivity contribution in [3.8, 4) is 22.6 Å². The highest BCUT2D eigenvalue weighted by Crippen LogP contribution is 2.31. The smallest absolute Gasteiger partial charge is 0.410 e. The van der Waals surface area contributed by atoms with Crippen LogP contribution >= 0.6 is 0 Å². The van der Waals surface area contributed by atoms with E-state index in [1.807, 2.05) is 0 Å². The number of carbonyl (C=O) groups is 2. The number of carboxylic acid groups (broad SMARTS) is 1. The number of likely N-dealkylation sites (tertiary alicyclic amines) is 1. The van der Waals surface area contributed by atoms with Crippen LogP contribution < -0.4 is 9.47 Å². The standard InChI is InChI=1S/C22H24FNO6/c1-22(2,3)30-21(27)24-11-17(12-24)29-16-8-13(7-14(9-16)20(25)26)18-6-5-15(28-4)10-19(18)23/h5-10,17H,11-12H2,1-4H3,(H,25,26). The molecule has 1 aliphatic rings. The van der Waals surface area contributed by atoms with E-state index in [1.165, 1.54) is 36.3 Å². The zero-order valence-corrected chi connectivity index (χ0v) is 17.3. The van der Waals surface area contributed by atoms with Gasteiger partial charge in [-0.15, -0.1) is 0 Å². The molecule has 0 spiro atoms. The highest BCUT2D eigenvalue weighted by molar-refractivity contribution is 5.90. The van der Waals surface area contributed by atoms with Gasteiger partial charge in [0.05, 0.1) is 25.8 Å². The van der Waals surface area contributed by atoms with Crippen molar-refractivity contribution < 1.29 is 33.3 Å². The highest BCUT2D eigenvalue weighted by Gasteiger charge is 2.35. The van der Waals surface area contributed by atoms with Crippen molar-refractivity contribution in [1.29, 1.82) is 0 Å². The summed E-state index contributed by atoms with van der Waals surface area (Å²) in [6.45, 7) is 6.00. The molecule has 1 aliphatic heterocycles. The molecule has 1 saturated heterocycles. The lowest BCUT2D eigenvalue weighted by molar-refractivity contribution is -0.0221. The average Bonchev–Trinajstić information content (AvgIpc) is 2.62. The second-order valence-corrected chi connectivity index (χ2v) is 8.02. The molecule has 0 aliphatic carbocycles. The fourth-order valence-corrected chi connectivity index (χ4v) is 2.98. The molecule has 30 heavy (non-hydrogen) atoms. The average molecular weight is 417 g/mol. The van der Waals surface area contributed by atoms with E-state index >= 15 is 0 Å². The lowest BCUT2D eigenvalue weighted by atomic mass is 10.0. The van der Waals surface area contributed by atoms with Crippen LogP contribution in [0.25, 0.3) is 11.1 Å². The number of hydrogen-bond acceptors (Lipinski definition) is 5. The monoisotopic (exact) mass is 417 g/mol. The van der Waals surface area contributed by atoms with Crippen LogP contribution in [0.5, 0.6) is 11.5 Å². The molecule has 2 aromatic carbocycles. The molecule has 160 valence electrons. The number of halogens is 1. The van der Waals surface area contributed by atoms with Gasteiger partial charge in [-0.2, -0.15) is 0 Å². The maximum atomic E-state index is 14.5. The number of benzene rings is 2. The Bertz CT molecular complexity index is 963. The van der Waals surface area contributed by atoms with Gasteiger partial charge in [0.1, 0.15) is 29.0 Å². The lowest BCUT2D eigenvalue weighted by Crippen LogP contribution is -2.57. The minimum atomic E-state index is -1.15. The number of rotatable bonds is 5. The minimum Gasteiger partial charge on any atom is -0.497 e. The van der Waals surface area contributed by atoms with E-state index in [9.17, 15) is 19.1 Å². The van der Waals surface area contributed by atoms with E-state index in [0.717, 1.165) is 0 Å². The number of carbonyl (C=O) groups excluding carboxylic acids is 1. The van der Waals surface area contributed by atoms with Crippen molar-refractivity contribution in [3.63, 3.8) is 0 Å². The van der Waals surface area contributed by atoms with Gasteiger partial charge in [0.25, 0.3) is 0 Å². The first kappa shape index (κ1) is 21.4. The van der Waals surface area contributed by atoms with Gasteiger partial charge >= 0.3 is 12.1 Å². The number of hydrogen-bond donors (Lipinski definition) is 1. The van der Waals surface area contributed by atoms with Gasteiger partial charge in [0.15, 0.2) is 0 Å². The van der Waals surface area contributed by atoms with E-state index in [2.05, 4.69) is 0 Å². The molecule has 3 rings (SSSR count). The van der Waals surface area contributed by atoms with Crippen molar-refractivity contribution in [2.45, 2.75) is 32.5 Å². The van der Waals surface area contributed by atoms with Crippen LogP contribution in [0.4, 0.5) is 9.18 Å². The summed E-state index contributed by atoms with van der Waals surface area (Å²) in [4.78, 5) is 25.1. The Morgan fingerprint density at radius 1 is 1.10 bits per heavy atom. The third kappa shape index (κ3) is 5.00. The van der Waals surface area contributed by atoms with Crippen LogP contribution in [0.15, 0.2) is 36.4 Å². The Hall–Kier alpha value is -3.29. The number of amides is 1. The van der Waals surface area contributed by atoms with Gasteiger partial charge in [-0.1, -0.05) is 0 Å². The van der Waals surface area contributed by atoms with Crippen LogP contribution in [0, 0.1) is 5.82 Å². The summed E-state index contributed by atoms with van der Waals surface area (Å²) in [6, 6.07) is 8.68. The molecule has 8 heteroatoms. The molecule has 1 amide bonds. The topological polar surface area (TPSA) is 85.3 Å². The van der Waals surface area contributed by atoms with E-state index < -0.39 is 23.5 Å². The Morgan fingerprint density at radius 3 is 2.37 bits per heavy atom. The van der Waals surface area contributed by atoms with Gasteiger partial charge in [-0.05, 0) is 56.7 Å². The summed E-state index contributed by atoms with van der Waals surface area (Å²) in [6.07, 6.45) is -0.738. The maximum absolute atomic E-state index is 14.5. The minimum absolute atomic E-state index is 0.0268. The Morgan fingerprint density at radius 2 is 1.80 bits per heavy atom. The number of carboxylic acids is 1. The predicted molar refractivity (Wildman–Crippen MR) is 108 cm³/mol. The first-order chi connectivity index (χ1) is 14.1. The van der Waals surface area contributed by atoms with E-state index in [0.29, 0.717) is 24.4 Å². The molecule has 1 heterocycles. The van der Waals surface area contributed by atoms with Crippen LogP contribution in [-0.4, -0.2) is 54.0 Å². The van der Waals surface area contributed by atoms with Crippen LogP contribution in [0.2, 0.25) is 0 Å². The first-order valence-electron chi connectivity index (χ1n) is 9.42. The second-order valence-electron chi connectivity index (χ2n) is 8.02. The van der Waals surface area contributed by atoms with Gasteiger partial charge in [0.2, 0.25) is 0 Å². The molecule has 2 aromatic rings. The van der Waals surface area contributed by atoms with Crippen molar-refractivity contribution in [3.05, 3.63) is 47.8 Å². The fourth-order valence-electron chi connectivity index (χ4n) is 2.98. The fraction of sp³-hybridized carbons (Fsp3) is 0.364. The number of methoxy groups -OCH3 is 1. The maximum Gasteiger partial charge on any atom is 0.410 e. The Kier molecular flexibility index (Phi) is 5.87. The summed E-state index contributed by atoms with van der Waals surface area (Å²) < 4.78 is 30.6. The normalized spacial score (nSPS) is 14.1. The molecule has 0 atom stereocenters. The third-order valence-corrected chi connectivity index (χ3v) is 4.44. The summed E-state index contributed by atoms with van der Waals surface area (Å²) in [5.74, 6) is -1.05. The molecule has 7 nitrogen and oxygen atoms in total. The Labute approximate surface area is 174 Å². The molecule has 1 fully saturated rings. The van der Waals surface area contributed by atoms with Crippen molar-refractivity contribution in [2.75, 3.05) is 20.2 Å². The first-order valence-corrected chi connectivity index (χ1v) is 9.42. The summed E-state index contributed by atoms with van der Waals surface area (Å²) >= 11 is 0. The van der Waals surface area contributed by atoms with Crippen LogP contribution in [0.1, 0.15) is 31.1 Å². The predicted octanol–water partition coefficient (Wildman–Crippen LogP) is 4.20. The quantitative estimate of drug-likeness (QED) is 0.785. The van der Waals surface area contributed by atoms with Gasteiger partial charge < -0.3 is 24.2 Å². The van der Waals surface area contributed by atoms with E-state index in [4.69, 9.17) is 14.2 Å². The molecule has 0 saturated carbocycles. The van der Waals surface area contributed by atoms with Gasteiger partial charge in [-0.25, -0.2) is 14.0 Å². The Balaban J connectivity index is 1.77. The zero-order chi connectivity index (χ0) is 22.1. The summed E-state index contributed by atoms with van der Waals surface area (Å²) in [5, 5.41) is 9.42. The lowest BCUT2D eigenvalue weighted by Gasteiger charge is -2.39. The summed E-state index contributed by atoms with van der Waals surface area (Å²) in [7, 11) is 1.44. The molecular weight excluding hydrogens is 393 g/mol. The molecule has 0 unspecified atom stereocenters. The number of nitrogens with zero attached hydrogens (tertiary/aromatic N) is 1. The molecule has 0 aromatic heterocycles. The van der Waals surface area contributed by atoms with Crippen LogP contribution in [0.3, 0.4) is 0 Å². The summed E-state index contributed by atoms with van der Waals surface area (Å²) in [5.41, 5.74) is -0.0157. The molecular formula is C22H24FNO6. The van der Waals surface area contributed by atoms with Crippen LogP contribution in [-0.2, 0) is 4.74 Å². The van der Waals surface area contributed by atoms with Crippen molar-refractivity contribution >= 4 is 12.1 Å². The third-order valence-electron chi connectivity index (χ3n) is 4.44. The highest BCUT2D eigenvalue weighted by atomic mass is 19.1. The largest absolute Gasteiger partial charge is 0.497 e. The molecule has 1 N–H and O–H groups in total. The number of ether oxygens (including phenoxy) is 3. The zero-order valence-electron chi connectivity index (χ0n) is 17.3. The molecule has 0 radical (unpaired) electrons. The second kappa shape index (κ2) is 8.22. The van der Waals surface area contributed by atoms with Gasteiger partial charge in [0, 0.05) is 11.6 Å². The molecule has 0 bridgehead atoms. The van der Waals surface area contributed by atoms with Crippen molar-refractivity contribution in [2.24, 2.45) is 0 Å². The van der Waals surface area contributed by atoms with Gasteiger partial charge in [-0.3, -0.25) is 0 Å². The van der Waals surface area contributed by atoms with E-state index in [1.54, 1.807) is 32.9 Å². The SMILES string of the molecule is COc1ccc(-c2cc(OC3CN(C(=O)OC(C)(C)C)C3)cc(C(=O)O)c2)c(F)c1. The van der Waals surface area contributed by atoms with Crippen molar-refractivity contribution in [1.82, 2.24) is 4.90 Å².